The number of nitrogens with one attached hydrogen (secondary N) is 11. The number of methoxy groups -OCH3 is 1. The minimum atomic E-state index is -1.59. The predicted octanol–water partition coefficient (Wildman–Crippen LogP) is 0.659. The van der Waals surface area contributed by atoms with E-state index in [1.165, 1.54) is 37.1 Å². The summed E-state index contributed by atoms with van der Waals surface area (Å²) in [4.78, 5) is 178. The Hall–Kier alpha value is -10.9. The summed E-state index contributed by atoms with van der Waals surface area (Å²) in [5.74, 6) is -7.91. The van der Waals surface area contributed by atoms with Gasteiger partial charge in [-0.2, -0.15) is 0 Å². The van der Waals surface area contributed by atoms with Gasteiger partial charge in [-0.15, -0.1) is 0 Å². The van der Waals surface area contributed by atoms with Crippen LogP contribution < -0.4 is 70.8 Å². The Morgan fingerprint density at radius 3 is 1.69 bits per heavy atom. The highest BCUT2D eigenvalue weighted by molar-refractivity contribution is 5.97. The van der Waals surface area contributed by atoms with E-state index in [4.69, 9.17) is 37.1 Å². The summed E-state index contributed by atoms with van der Waals surface area (Å²) >= 11 is 0. The fourth-order valence-corrected chi connectivity index (χ4v) is 11.7. The molecule has 0 saturated carbocycles. The van der Waals surface area contributed by atoms with Gasteiger partial charge in [-0.05, 0) is 108 Å². The Bertz CT molecular complexity index is 3530. The Balaban J connectivity index is 1.33. The van der Waals surface area contributed by atoms with E-state index in [9.17, 15) is 57.8 Å². The van der Waals surface area contributed by atoms with Crippen molar-refractivity contribution < 1.29 is 72.1 Å². The first kappa shape index (κ1) is 86.8. The predicted molar refractivity (Wildman–Crippen MR) is 396 cm³/mol. The highest BCUT2D eigenvalue weighted by atomic mass is 16.6. The molecule has 11 atom stereocenters. The first-order chi connectivity index (χ1) is 50.9. The Morgan fingerprint density at radius 1 is 0.626 bits per heavy atom. The van der Waals surface area contributed by atoms with Crippen LogP contribution in [-0.4, -0.2) is 207 Å². The molecule has 1 aliphatic rings. The lowest BCUT2D eigenvalue weighted by atomic mass is 9.95. The number of hydrogen-bond acceptors (Lipinski definition) is 19. The number of rotatable bonds is 44. The lowest BCUT2D eigenvalue weighted by molar-refractivity contribution is -0.145. The topological polar surface area (TPSA) is 533 Å². The Morgan fingerprint density at radius 2 is 1.15 bits per heavy atom. The number of amides is 10. The molecule has 588 valence electrons. The molecule has 1 aliphatic heterocycles. The summed E-state index contributed by atoms with van der Waals surface area (Å²) in [6.45, 7) is 12.7. The zero-order valence-corrected chi connectivity index (χ0v) is 62.4. The quantitative estimate of drug-likeness (QED) is 0.00951. The molecule has 2 aromatic carbocycles. The van der Waals surface area contributed by atoms with Gasteiger partial charge in [-0.25, -0.2) is 24.4 Å². The number of aromatic amines is 2. The van der Waals surface area contributed by atoms with E-state index in [1.54, 1.807) is 95.3 Å². The van der Waals surface area contributed by atoms with Crippen molar-refractivity contribution in [2.75, 3.05) is 33.3 Å². The maximum absolute atomic E-state index is 15.0. The standard InChI is InChI=1S/C72H110N20O15/c1-9-44(4)59(65(100)89-55(36-48-39-78-42-83-48)62(97)85-51(67(102)105-8)25-16-17-29-81-70(103)107-72(5,6)7)91-58(94)37-57(93)52(33-43(2)3)86-63(98)54(35-47-38-77-41-82-47)87-61(96)53(34-45-21-12-10-13-22-45)88-64(99)56-28-20-32-92(56)66(101)50(27-19-31-80-69(75)76)84-60(95)49(26-18-30-79-68(73)74)90-71(104)106-40-46-23-14-11-15-24-46/h10-15,21-24,38-39,41-44,49-57,59,93H,9,16-20,25-37,40H2,1-8H3,(H,77,82)(H,78,83)(H,81,103)(H,84,95)(H,85,97)(H,86,98)(H,87,96)(H,88,99)(H,89,100)(H,90,104)(H,91,94)(H4,73,74,79)(H4,75,76,80)/t44-,49-,50-,51-,52?,53-,54-,55-,56-,57?,59-/m0/s1. The van der Waals surface area contributed by atoms with Crippen molar-refractivity contribution in [2.24, 2.45) is 44.8 Å². The smallest absolute Gasteiger partial charge is 0.408 e. The van der Waals surface area contributed by atoms with Crippen molar-refractivity contribution in [1.29, 1.82) is 0 Å². The number of nitrogens with two attached hydrogens (primary N) is 4. The van der Waals surface area contributed by atoms with E-state index in [0.717, 1.165) is 0 Å². The van der Waals surface area contributed by atoms with Gasteiger partial charge in [-0.1, -0.05) is 94.8 Å². The van der Waals surface area contributed by atoms with E-state index in [0.29, 0.717) is 48.2 Å². The van der Waals surface area contributed by atoms with Crippen molar-refractivity contribution in [3.8, 4) is 0 Å². The van der Waals surface area contributed by atoms with E-state index in [2.05, 4.69) is 77.8 Å². The highest BCUT2D eigenvalue weighted by Gasteiger charge is 2.41. The number of ether oxygens (including phenoxy) is 3. The molecule has 0 radical (unpaired) electrons. The maximum atomic E-state index is 15.0. The minimum Gasteiger partial charge on any atom is -0.467 e. The summed E-state index contributed by atoms with van der Waals surface area (Å²) in [6, 6.07) is 6.18. The summed E-state index contributed by atoms with van der Waals surface area (Å²) in [5, 5.41) is 36.7. The number of aliphatic imine (C=N–C) groups is 2. The first-order valence-corrected chi connectivity index (χ1v) is 36.1. The third-order valence-electron chi connectivity index (χ3n) is 17.4. The molecule has 35 nitrogen and oxygen atoms in total. The molecule has 107 heavy (non-hydrogen) atoms. The summed E-state index contributed by atoms with van der Waals surface area (Å²) in [5.41, 5.74) is 23.8. The second kappa shape index (κ2) is 44.8. The van der Waals surface area contributed by atoms with Crippen molar-refractivity contribution in [2.45, 2.75) is 217 Å². The number of hydrogen-bond donors (Lipinski definition) is 16. The number of carbonyl (C=O) groups excluding carboxylic acids is 11. The number of alkyl carbamates (subject to hydrolysis) is 2. The molecule has 0 aliphatic carbocycles. The monoisotopic (exact) mass is 1490 g/mol. The van der Waals surface area contributed by atoms with Gasteiger partial charge in [-0.3, -0.25) is 48.3 Å². The lowest BCUT2D eigenvalue weighted by Gasteiger charge is -2.31. The second-order valence-corrected chi connectivity index (χ2v) is 27.8. The van der Waals surface area contributed by atoms with Crippen molar-refractivity contribution >= 4 is 77.3 Å². The third kappa shape index (κ3) is 31.8. The maximum Gasteiger partial charge on any atom is 0.408 e. The number of unbranched alkanes of at least 4 members (excludes halogenated alkanes) is 1. The van der Waals surface area contributed by atoms with Gasteiger partial charge < -0.3 is 105 Å². The number of aromatic nitrogens is 4. The number of H-pyrrole nitrogens is 2. The zero-order chi connectivity index (χ0) is 78.6. The fraction of sp³-hybridized carbons (Fsp3) is 0.569. The molecule has 35 heteroatoms. The second-order valence-electron chi connectivity index (χ2n) is 27.8. The largest absolute Gasteiger partial charge is 0.467 e. The number of imidazole rings is 2. The number of aliphatic hydroxyl groups excluding tert-OH is 1. The van der Waals surface area contributed by atoms with Crippen LogP contribution in [0.3, 0.4) is 0 Å². The molecular weight excluding hydrogens is 1380 g/mol. The van der Waals surface area contributed by atoms with Crippen molar-refractivity contribution in [3.63, 3.8) is 0 Å². The molecule has 5 rings (SSSR count). The highest BCUT2D eigenvalue weighted by Crippen LogP contribution is 2.22. The number of nitrogens with zero attached hydrogens (tertiary/aromatic N) is 5. The molecule has 10 amide bonds. The number of esters is 1. The van der Waals surface area contributed by atoms with Gasteiger partial charge >= 0.3 is 18.2 Å². The van der Waals surface area contributed by atoms with Crippen LogP contribution in [0, 0.1) is 11.8 Å². The molecule has 0 spiro atoms. The van der Waals surface area contributed by atoms with E-state index >= 15 is 0 Å². The van der Waals surface area contributed by atoms with Crippen molar-refractivity contribution in [1.82, 2.24) is 72.7 Å². The average molecular weight is 1500 g/mol. The summed E-state index contributed by atoms with van der Waals surface area (Å²) in [7, 11) is 1.17. The number of carbonyl (C=O) groups is 11. The molecule has 4 aromatic rings. The molecule has 2 aromatic heterocycles. The lowest BCUT2D eigenvalue weighted by Crippen LogP contribution is -2.60. The van der Waals surface area contributed by atoms with Crippen LogP contribution in [0.2, 0.25) is 0 Å². The van der Waals surface area contributed by atoms with Crippen LogP contribution in [0.1, 0.15) is 148 Å². The van der Waals surface area contributed by atoms with E-state index < -0.39 is 144 Å². The van der Waals surface area contributed by atoms with E-state index in [-0.39, 0.29) is 115 Å². The van der Waals surface area contributed by atoms with Crippen LogP contribution in [0.5, 0.6) is 0 Å². The molecule has 0 bridgehead atoms. The normalized spacial score (nSPS) is 15.5. The zero-order valence-electron chi connectivity index (χ0n) is 62.4. The van der Waals surface area contributed by atoms with Gasteiger partial charge in [0.15, 0.2) is 11.9 Å². The Kier molecular flexibility index (Phi) is 36.3. The summed E-state index contributed by atoms with van der Waals surface area (Å²) in [6.07, 6.45) is 3.80. The third-order valence-corrected chi connectivity index (χ3v) is 17.4. The molecule has 1 saturated heterocycles. The van der Waals surface area contributed by atoms with Crippen LogP contribution in [-0.2, 0) is 83.2 Å². The molecule has 1 fully saturated rings. The first-order valence-electron chi connectivity index (χ1n) is 36.1. The van der Waals surface area contributed by atoms with Crippen LogP contribution in [0.4, 0.5) is 9.59 Å². The van der Waals surface area contributed by atoms with Gasteiger partial charge in [0.05, 0.1) is 38.3 Å². The SMILES string of the molecule is CC[C@H](C)[C@H](NC(=O)CC(O)C(CC(C)C)NC(=O)[C@H](Cc1cnc[nH]1)NC(=O)[C@H](Cc1ccccc1)NC(=O)[C@@H]1CCCN1C(=O)[C@H](CCCN=C(N)N)NC(=O)[C@H](CCCN=C(N)N)NC(=O)OCc1ccccc1)C(=O)N[C@@H](Cc1cnc[nH]1)C(=O)N[C@@H](CCCCNC(=O)OC(C)(C)C)C(=O)OC. The van der Waals surface area contributed by atoms with Crippen molar-refractivity contribution in [3.05, 3.63) is 108 Å². The van der Waals surface area contributed by atoms with Gasteiger partial charge in [0.1, 0.15) is 60.5 Å². The van der Waals surface area contributed by atoms with Crippen LogP contribution >= 0.6 is 0 Å². The average Bonchev–Trinajstić information content (AvgIpc) is 1.71. The number of likely N-dealkylation sites (tertiary alicyclic amines) is 1. The molecule has 2 unspecified atom stereocenters. The van der Waals surface area contributed by atoms with E-state index in [1.807, 2.05) is 13.8 Å². The van der Waals surface area contributed by atoms with Crippen LogP contribution in [0.25, 0.3) is 0 Å². The number of benzene rings is 2. The summed E-state index contributed by atoms with van der Waals surface area (Å²) < 4.78 is 15.7. The fourth-order valence-electron chi connectivity index (χ4n) is 11.7. The molecular formula is C72H110N20O15. The number of guanidine groups is 2. The van der Waals surface area contributed by atoms with Crippen LogP contribution in [0.15, 0.2) is 95.7 Å². The van der Waals surface area contributed by atoms with Gasteiger partial charge in [0.25, 0.3) is 0 Å². The van der Waals surface area contributed by atoms with Gasteiger partial charge in [0, 0.05) is 69.2 Å². The number of aliphatic hydroxyl groups is 1. The molecule has 3 heterocycles. The Labute approximate surface area is 623 Å². The molecule has 20 N–H and O–H groups in total. The minimum absolute atomic E-state index is 0.0138. The van der Waals surface area contributed by atoms with Gasteiger partial charge in [0.2, 0.25) is 47.3 Å².